The fraction of sp³-hybridized carbons (Fsp3) is 0.333. The minimum atomic E-state index is -1.20. The molecule has 1 aromatic carbocycles. The van der Waals surface area contributed by atoms with Gasteiger partial charge in [-0.3, -0.25) is 4.79 Å². The normalized spacial score (nSPS) is 10.1. The van der Waals surface area contributed by atoms with E-state index in [1.165, 1.54) is 12.1 Å². The molecule has 0 bridgehead atoms. The molecule has 0 spiro atoms. The van der Waals surface area contributed by atoms with Gasteiger partial charge in [0.2, 0.25) is 0 Å². The van der Waals surface area contributed by atoms with E-state index in [1.54, 1.807) is 0 Å². The number of rotatable bonds is 5. The molecule has 0 aliphatic rings. The van der Waals surface area contributed by atoms with Crippen molar-refractivity contribution in [3.63, 3.8) is 0 Å². The summed E-state index contributed by atoms with van der Waals surface area (Å²) in [7, 11) is 0. The number of unbranched alkanes of at least 4 members (excludes halogenated alkanes) is 1. The van der Waals surface area contributed by atoms with Crippen LogP contribution in [-0.2, 0) is 0 Å². The molecule has 0 aliphatic carbocycles. The molecule has 0 aliphatic heterocycles. The first kappa shape index (κ1) is 12.2. The average Bonchev–Trinajstić information content (AvgIpc) is 2.25. The summed E-state index contributed by atoms with van der Waals surface area (Å²) < 4.78 is 0. The number of carbonyl (C=O) groups excluding carboxylic acids is 1. The summed E-state index contributed by atoms with van der Waals surface area (Å²) in [5.41, 5.74) is 0.0276. The van der Waals surface area contributed by atoms with Crippen molar-refractivity contribution in [3.05, 3.63) is 29.3 Å². The number of aromatic hydroxyl groups is 1. The highest BCUT2D eigenvalue weighted by Gasteiger charge is 2.16. The second kappa shape index (κ2) is 5.30. The van der Waals surface area contributed by atoms with Crippen LogP contribution in [-0.4, -0.2) is 22.0 Å². The lowest BCUT2D eigenvalue weighted by atomic mass is 10.00. The third kappa shape index (κ3) is 2.82. The summed E-state index contributed by atoms with van der Waals surface area (Å²) in [6, 6.07) is 3.78. The molecule has 0 amide bonds. The maximum atomic E-state index is 11.7. The molecule has 0 saturated carbocycles. The number of aromatic carboxylic acids is 1. The number of carboxylic acids is 1. The molecule has 0 radical (unpaired) electrons. The van der Waals surface area contributed by atoms with Crippen molar-refractivity contribution in [2.24, 2.45) is 0 Å². The van der Waals surface area contributed by atoms with Crippen LogP contribution < -0.4 is 0 Å². The number of carbonyl (C=O) groups is 2. The predicted octanol–water partition coefficient (Wildman–Crippen LogP) is 2.46. The molecule has 0 atom stereocenters. The van der Waals surface area contributed by atoms with Gasteiger partial charge in [-0.1, -0.05) is 13.3 Å². The lowest BCUT2D eigenvalue weighted by Crippen LogP contribution is -2.08. The monoisotopic (exact) mass is 222 g/mol. The van der Waals surface area contributed by atoms with E-state index in [0.29, 0.717) is 6.42 Å². The van der Waals surface area contributed by atoms with Crippen LogP contribution in [0.5, 0.6) is 5.75 Å². The highest BCUT2D eigenvalue weighted by Crippen LogP contribution is 2.19. The number of carboxylic acid groups (broad SMARTS) is 1. The summed E-state index contributed by atoms with van der Waals surface area (Å²) >= 11 is 0. The van der Waals surface area contributed by atoms with Crippen LogP contribution in [0, 0.1) is 0 Å². The summed E-state index contributed by atoms with van der Waals surface area (Å²) in [6.07, 6.45) is 1.95. The number of ketones is 1. The largest absolute Gasteiger partial charge is 0.508 e. The van der Waals surface area contributed by atoms with E-state index < -0.39 is 5.97 Å². The van der Waals surface area contributed by atoms with Crippen LogP contribution in [0.15, 0.2) is 18.2 Å². The van der Waals surface area contributed by atoms with Gasteiger partial charge in [-0.2, -0.15) is 0 Å². The minimum Gasteiger partial charge on any atom is -0.508 e. The van der Waals surface area contributed by atoms with Gasteiger partial charge in [0.25, 0.3) is 0 Å². The molecule has 0 unspecified atom stereocenters. The second-order valence-electron chi connectivity index (χ2n) is 3.56. The third-order valence-corrected chi connectivity index (χ3v) is 2.29. The van der Waals surface area contributed by atoms with Gasteiger partial charge in [-0.15, -0.1) is 0 Å². The molecule has 0 aromatic heterocycles. The van der Waals surface area contributed by atoms with E-state index in [2.05, 4.69) is 0 Å². The zero-order valence-corrected chi connectivity index (χ0v) is 9.06. The molecule has 4 heteroatoms. The molecule has 1 rings (SSSR count). The Balaban J connectivity index is 3.03. The Hall–Kier alpha value is -1.84. The molecule has 1 aromatic rings. The molecule has 0 fully saturated rings. The molecule has 0 heterocycles. The van der Waals surface area contributed by atoms with E-state index >= 15 is 0 Å². The maximum Gasteiger partial charge on any atom is 0.336 e. The van der Waals surface area contributed by atoms with E-state index in [4.69, 9.17) is 10.2 Å². The average molecular weight is 222 g/mol. The zero-order chi connectivity index (χ0) is 12.1. The summed E-state index contributed by atoms with van der Waals surface area (Å²) in [4.78, 5) is 22.6. The first-order chi connectivity index (χ1) is 7.56. The van der Waals surface area contributed by atoms with Gasteiger partial charge in [0.15, 0.2) is 5.78 Å². The van der Waals surface area contributed by atoms with Crippen LogP contribution in [0.2, 0.25) is 0 Å². The summed E-state index contributed by atoms with van der Waals surface area (Å²) in [5, 5.41) is 18.1. The number of hydrogen-bond donors (Lipinski definition) is 2. The van der Waals surface area contributed by atoms with E-state index in [-0.39, 0.29) is 22.7 Å². The third-order valence-electron chi connectivity index (χ3n) is 2.29. The van der Waals surface area contributed by atoms with Crippen molar-refractivity contribution in [3.8, 4) is 5.75 Å². The smallest absolute Gasteiger partial charge is 0.336 e. The van der Waals surface area contributed by atoms with Gasteiger partial charge >= 0.3 is 5.97 Å². The molecule has 4 nitrogen and oxygen atoms in total. The van der Waals surface area contributed by atoms with Gasteiger partial charge in [0.05, 0.1) is 5.56 Å². The Kier molecular flexibility index (Phi) is 4.05. The van der Waals surface area contributed by atoms with Gasteiger partial charge in [-0.25, -0.2) is 4.79 Å². The molecule has 86 valence electrons. The summed E-state index contributed by atoms with van der Waals surface area (Å²) in [6.45, 7) is 1.96. The van der Waals surface area contributed by atoms with Gasteiger partial charge < -0.3 is 10.2 Å². The highest BCUT2D eigenvalue weighted by molar-refractivity contribution is 6.06. The standard InChI is InChI=1S/C12H14O4/c1-2-3-4-11(14)9-6-5-8(13)7-10(9)12(15)16/h5-7,13H,2-4H2,1H3,(H,15,16). The Morgan fingerprint density at radius 3 is 2.50 bits per heavy atom. The Morgan fingerprint density at radius 1 is 1.25 bits per heavy atom. The molecule has 16 heavy (non-hydrogen) atoms. The van der Waals surface area contributed by atoms with Crippen molar-refractivity contribution in [2.45, 2.75) is 26.2 Å². The van der Waals surface area contributed by atoms with Crippen LogP contribution in [0.4, 0.5) is 0 Å². The Labute approximate surface area is 93.5 Å². The van der Waals surface area contributed by atoms with Crippen molar-refractivity contribution >= 4 is 11.8 Å². The van der Waals surface area contributed by atoms with Gasteiger partial charge in [-0.05, 0) is 24.6 Å². The fourth-order valence-electron chi connectivity index (χ4n) is 1.42. The lowest BCUT2D eigenvalue weighted by molar-refractivity contribution is 0.0691. The number of Topliss-reactive ketones (excluding diaryl/α,β-unsaturated/α-hetero) is 1. The SMILES string of the molecule is CCCCC(=O)c1ccc(O)cc1C(=O)O. The highest BCUT2D eigenvalue weighted by atomic mass is 16.4. The first-order valence-electron chi connectivity index (χ1n) is 5.15. The fourth-order valence-corrected chi connectivity index (χ4v) is 1.42. The van der Waals surface area contributed by atoms with Crippen LogP contribution in [0.3, 0.4) is 0 Å². The number of benzene rings is 1. The predicted molar refractivity (Wildman–Crippen MR) is 58.9 cm³/mol. The maximum absolute atomic E-state index is 11.7. The quantitative estimate of drug-likeness (QED) is 0.750. The topological polar surface area (TPSA) is 74.6 Å². The molecular weight excluding hydrogens is 208 g/mol. The molecule has 2 N–H and O–H groups in total. The van der Waals surface area contributed by atoms with Crippen LogP contribution in [0.25, 0.3) is 0 Å². The van der Waals surface area contributed by atoms with Crippen molar-refractivity contribution in [1.82, 2.24) is 0 Å². The van der Waals surface area contributed by atoms with Gasteiger partial charge in [0, 0.05) is 12.0 Å². The van der Waals surface area contributed by atoms with Crippen molar-refractivity contribution in [2.75, 3.05) is 0 Å². The Morgan fingerprint density at radius 2 is 1.94 bits per heavy atom. The number of phenols is 1. The van der Waals surface area contributed by atoms with Crippen LogP contribution in [0.1, 0.15) is 46.9 Å². The lowest BCUT2D eigenvalue weighted by Gasteiger charge is -2.05. The van der Waals surface area contributed by atoms with Crippen molar-refractivity contribution < 1.29 is 19.8 Å². The minimum absolute atomic E-state index is 0.138. The van der Waals surface area contributed by atoms with Crippen molar-refractivity contribution in [1.29, 1.82) is 0 Å². The zero-order valence-electron chi connectivity index (χ0n) is 9.06. The number of phenolic OH excluding ortho intramolecular Hbond substituents is 1. The molecule has 0 saturated heterocycles. The molecular formula is C12H14O4. The first-order valence-corrected chi connectivity index (χ1v) is 5.15. The Bertz CT molecular complexity index is 409. The second-order valence-corrected chi connectivity index (χ2v) is 3.56. The van der Waals surface area contributed by atoms with Crippen LogP contribution >= 0.6 is 0 Å². The number of hydrogen-bond acceptors (Lipinski definition) is 3. The summed E-state index contributed by atoms with van der Waals surface area (Å²) in [5.74, 6) is -1.54. The van der Waals surface area contributed by atoms with Gasteiger partial charge in [0.1, 0.15) is 5.75 Å². The van der Waals surface area contributed by atoms with E-state index in [1.807, 2.05) is 6.92 Å². The van der Waals surface area contributed by atoms with E-state index in [0.717, 1.165) is 18.9 Å². The van der Waals surface area contributed by atoms with E-state index in [9.17, 15) is 9.59 Å².